The zero-order valence-electron chi connectivity index (χ0n) is 15.0. The van der Waals surface area contributed by atoms with E-state index in [4.69, 9.17) is 9.26 Å². The van der Waals surface area contributed by atoms with Gasteiger partial charge in [-0.3, -0.25) is 4.79 Å². The molecule has 3 aromatic carbocycles. The van der Waals surface area contributed by atoms with Crippen molar-refractivity contribution in [3.63, 3.8) is 0 Å². The third-order valence-electron chi connectivity index (χ3n) is 4.85. The highest BCUT2D eigenvalue weighted by Crippen LogP contribution is 2.45. The summed E-state index contributed by atoms with van der Waals surface area (Å²) in [5.74, 6) is 0.265. The summed E-state index contributed by atoms with van der Waals surface area (Å²) in [6.45, 7) is 2.28. The fourth-order valence-electron chi connectivity index (χ4n) is 3.43. The molecule has 0 amide bonds. The average molecular weight is 506 g/mol. The molecule has 0 aromatic heterocycles. The molecule has 1 heterocycles. The number of Topliss-reactive ketones (excluding diaryl/α,β-unsaturated/α-hetero) is 1. The van der Waals surface area contributed by atoms with Crippen LogP contribution in [0.25, 0.3) is 0 Å². The SMILES string of the molecule is Cc1ccc(C2Oc3cc(OPI)ccc3C(=O)C2c2ccc(F)cc2)cc1. The van der Waals surface area contributed by atoms with E-state index in [0.29, 0.717) is 17.1 Å². The highest BCUT2D eigenvalue weighted by atomic mass is 127. The van der Waals surface area contributed by atoms with Gasteiger partial charge in [-0.05, 0) is 64.4 Å². The monoisotopic (exact) mass is 506 g/mol. The lowest BCUT2D eigenvalue weighted by Gasteiger charge is -2.33. The second-order valence-corrected chi connectivity index (χ2v) is 8.36. The van der Waals surface area contributed by atoms with E-state index >= 15 is 0 Å². The Balaban J connectivity index is 1.82. The van der Waals surface area contributed by atoms with Gasteiger partial charge in [-0.25, -0.2) is 4.39 Å². The summed E-state index contributed by atoms with van der Waals surface area (Å²) < 4.78 is 25.3. The molecule has 3 unspecified atom stereocenters. The highest BCUT2D eigenvalue weighted by Gasteiger charge is 2.39. The van der Waals surface area contributed by atoms with E-state index in [1.165, 1.54) is 12.1 Å². The normalized spacial score (nSPS) is 18.8. The predicted molar refractivity (Wildman–Crippen MR) is 117 cm³/mol. The highest BCUT2D eigenvalue weighted by molar-refractivity contribution is 14.2. The molecule has 0 saturated heterocycles. The van der Waals surface area contributed by atoms with Crippen molar-refractivity contribution in [2.75, 3.05) is 0 Å². The first-order valence-electron chi connectivity index (χ1n) is 8.76. The molecule has 3 aromatic rings. The van der Waals surface area contributed by atoms with Gasteiger partial charge < -0.3 is 9.26 Å². The summed E-state index contributed by atoms with van der Waals surface area (Å²) in [7, 11) is 0. The average Bonchev–Trinajstić information content (AvgIpc) is 2.69. The van der Waals surface area contributed by atoms with Crippen molar-refractivity contribution in [3.8, 4) is 11.5 Å². The van der Waals surface area contributed by atoms with E-state index in [9.17, 15) is 9.18 Å². The minimum Gasteiger partial charge on any atom is -0.484 e. The zero-order valence-corrected chi connectivity index (χ0v) is 18.1. The molecule has 3 nitrogen and oxygen atoms in total. The van der Waals surface area contributed by atoms with Crippen LogP contribution < -0.4 is 9.26 Å². The van der Waals surface area contributed by atoms with E-state index in [-0.39, 0.29) is 18.1 Å². The van der Waals surface area contributed by atoms with Gasteiger partial charge in [0.2, 0.25) is 0 Å². The largest absolute Gasteiger partial charge is 0.484 e. The van der Waals surface area contributed by atoms with E-state index in [0.717, 1.165) is 16.7 Å². The molecule has 0 radical (unpaired) electrons. The minimum atomic E-state index is -0.547. The summed E-state index contributed by atoms with van der Waals surface area (Å²) in [5.41, 5.74) is 3.28. The Morgan fingerprint density at radius 1 is 1.00 bits per heavy atom. The fraction of sp³-hybridized carbons (Fsp3) is 0.136. The second kappa shape index (κ2) is 8.18. The number of rotatable bonds is 4. The summed E-state index contributed by atoms with van der Waals surface area (Å²) in [5, 5.41) is 0. The lowest BCUT2D eigenvalue weighted by molar-refractivity contribution is 0.0781. The standard InChI is InChI=1S/C22H17FIO3P/c1-13-2-4-15(5-3-13)22-20(14-6-8-16(23)9-7-14)21(25)18-11-10-17(27-28-24)12-19(18)26-22/h2-12,20,22,28H,1H3. The van der Waals surface area contributed by atoms with Gasteiger partial charge >= 0.3 is 0 Å². The van der Waals surface area contributed by atoms with Gasteiger partial charge in [0.25, 0.3) is 0 Å². The topological polar surface area (TPSA) is 35.5 Å². The first-order chi connectivity index (χ1) is 13.6. The molecule has 0 aliphatic carbocycles. The number of halogens is 2. The summed E-state index contributed by atoms with van der Waals surface area (Å²) in [6, 6.07) is 19.3. The summed E-state index contributed by atoms with van der Waals surface area (Å²) >= 11 is 2.15. The van der Waals surface area contributed by atoms with Crippen molar-refractivity contribution >= 4 is 34.3 Å². The minimum absolute atomic E-state index is 0.0399. The van der Waals surface area contributed by atoms with Crippen molar-refractivity contribution in [3.05, 3.63) is 94.8 Å². The number of benzene rings is 3. The van der Waals surface area contributed by atoms with Crippen molar-refractivity contribution in [1.82, 2.24) is 0 Å². The van der Waals surface area contributed by atoms with Gasteiger partial charge in [-0.1, -0.05) is 42.0 Å². The number of carbonyl (C=O) groups excluding carboxylic acids is 1. The third kappa shape index (κ3) is 3.78. The van der Waals surface area contributed by atoms with E-state index in [1.54, 1.807) is 30.3 Å². The molecule has 4 rings (SSSR count). The maximum Gasteiger partial charge on any atom is 0.178 e. The molecule has 0 bridgehead atoms. The van der Waals surface area contributed by atoms with Crippen molar-refractivity contribution in [2.45, 2.75) is 18.9 Å². The van der Waals surface area contributed by atoms with E-state index < -0.39 is 12.0 Å². The number of carbonyl (C=O) groups is 1. The Labute approximate surface area is 177 Å². The van der Waals surface area contributed by atoms with Crippen LogP contribution in [0.1, 0.15) is 39.1 Å². The smallest absolute Gasteiger partial charge is 0.178 e. The van der Waals surface area contributed by atoms with Gasteiger partial charge in [-0.15, -0.1) is 0 Å². The number of ketones is 1. The molecule has 0 saturated carbocycles. The first-order valence-corrected chi connectivity index (χ1v) is 12.8. The molecule has 1 aliphatic heterocycles. The van der Waals surface area contributed by atoms with Crippen LogP contribution in [0.5, 0.6) is 11.5 Å². The van der Waals surface area contributed by atoms with Crippen LogP contribution in [0, 0.1) is 12.7 Å². The maximum atomic E-state index is 13.4. The number of hydrogen-bond acceptors (Lipinski definition) is 3. The van der Waals surface area contributed by atoms with Crippen LogP contribution >= 0.6 is 28.5 Å². The quantitative estimate of drug-likeness (QED) is 0.297. The second-order valence-electron chi connectivity index (χ2n) is 6.68. The zero-order chi connectivity index (χ0) is 19.7. The molecule has 3 atom stereocenters. The molecule has 0 fully saturated rings. The molecular formula is C22H17FIO3P. The van der Waals surface area contributed by atoms with Gasteiger partial charge in [0.1, 0.15) is 29.9 Å². The van der Waals surface area contributed by atoms with Crippen molar-refractivity contribution in [2.24, 2.45) is 0 Å². The first kappa shape index (κ1) is 19.3. The molecule has 28 heavy (non-hydrogen) atoms. The van der Waals surface area contributed by atoms with Crippen LogP contribution in [0.4, 0.5) is 4.39 Å². The Morgan fingerprint density at radius 3 is 2.36 bits per heavy atom. The number of aryl methyl sites for hydroxylation is 1. The fourth-order valence-corrected chi connectivity index (χ4v) is 4.41. The lowest BCUT2D eigenvalue weighted by atomic mass is 9.81. The van der Waals surface area contributed by atoms with Crippen molar-refractivity contribution in [1.29, 1.82) is 0 Å². The molecule has 0 spiro atoms. The third-order valence-corrected chi connectivity index (χ3v) is 5.82. The van der Waals surface area contributed by atoms with Gasteiger partial charge in [0.05, 0.1) is 11.5 Å². The number of hydrogen-bond donors (Lipinski definition) is 0. The van der Waals surface area contributed by atoms with E-state index in [2.05, 4.69) is 22.0 Å². The molecular weight excluding hydrogens is 489 g/mol. The molecule has 142 valence electrons. The maximum absolute atomic E-state index is 13.4. The van der Waals surface area contributed by atoms with Gasteiger partial charge in [0, 0.05) is 6.07 Å². The van der Waals surface area contributed by atoms with Crippen LogP contribution in [0.3, 0.4) is 0 Å². The van der Waals surface area contributed by atoms with E-state index in [1.807, 2.05) is 31.2 Å². The Hall–Kier alpha value is -1.98. The predicted octanol–water partition coefficient (Wildman–Crippen LogP) is 6.56. The molecule has 1 aliphatic rings. The van der Waals surface area contributed by atoms with Crippen LogP contribution in [-0.2, 0) is 0 Å². The Morgan fingerprint density at radius 2 is 1.68 bits per heavy atom. The van der Waals surface area contributed by atoms with Crippen LogP contribution in [-0.4, -0.2) is 5.78 Å². The van der Waals surface area contributed by atoms with Crippen LogP contribution in [0.2, 0.25) is 0 Å². The van der Waals surface area contributed by atoms with Gasteiger partial charge in [0.15, 0.2) is 5.78 Å². The Kier molecular flexibility index (Phi) is 5.65. The van der Waals surface area contributed by atoms with Gasteiger partial charge in [-0.2, -0.15) is 0 Å². The molecule has 0 N–H and O–H groups in total. The Bertz CT molecular complexity index is 1010. The lowest BCUT2D eigenvalue weighted by Crippen LogP contribution is -2.30. The summed E-state index contributed by atoms with van der Waals surface area (Å²) in [4.78, 5) is 13.4. The number of fused-ring (bicyclic) bond motifs is 1. The molecule has 6 heteroatoms. The van der Waals surface area contributed by atoms with Crippen LogP contribution in [0.15, 0.2) is 66.7 Å². The summed E-state index contributed by atoms with van der Waals surface area (Å²) in [6.07, 6.45) is -0.497. The van der Waals surface area contributed by atoms with Crippen molar-refractivity contribution < 1.29 is 18.4 Å². The number of ether oxygens (including phenoxy) is 1.